The van der Waals surface area contributed by atoms with Gasteiger partial charge in [-0.05, 0) is 34.8 Å². The minimum Gasteiger partial charge on any atom is -0.496 e. The van der Waals surface area contributed by atoms with Crippen molar-refractivity contribution in [3.63, 3.8) is 0 Å². The van der Waals surface area contributed by atoms with Crippen LogP contribution in [0.15, 0.2) is 59.7 Å². The largest absolute Gasteiger partial charge is 0.496 e. The Hall–Kier alpha value is -2.65. The fourth-order valence-corrected chi connectivity index (χ4v) is 3.19. The number of benzene rings is 2. The lowest BCUT2D eigenvalue weighted by Gasteiger charge is -2.20. The highest BCUT2D eigenvalue weighted by Crippen LogP contribution is 2.25. The van der Waals surface area contributed by atoms with E-state index in [0.29, 0.717) is 13.1 Å². The van der Waals surface area contributed by atoms with E-state index in [1.807, 2.05) is 36.4 Å². The lowest BCUT2D eigenvalue weighted by atomic mass is 9.86. The van der Waals surface area contributed by atoms with Gasteiger partial charge in [-0.15, -0.1) is 0 Å². The Kier molecular flexibility index (Phi) is 5.62. The number of ether oxygens (including phenoxy) is 1. The van der Waals surface area contributed by atoms with Crippen LogP contribution in [0.5, 0.6) is 5.75 Å². The van der Waals surface area contributed by atoms with Gasteiger partial charge in [-0.25, -0.2) is 0 Å². The molecule has 3 rings (SSSR count). The summed E-state index contributed by atoms with van der Waals surface area (Å²) in [6.07, 6.45) is 3.90. The Balaban J connectivity index is 1.86. The van der Waals surface area contributed by atoms with Crippen LogP contribution in [-0.4, -0.2) is 26.0 Å². The molecule has 3 heteroatoms. The molecule has 0 saturated carbocycles. The molecule has 1 aliphatic rings. The summed E-state index contributed by atoms with van der Waals surface area (Å²) in [4.78, 5) is 12.9. The van der Waals surface area contributed by atoms with Gasteiger partial charge in [0, 0.05) is 29.8 Å². The van der Waals surface area contributed by atoms with Crippen molar-refractivity contribution in [2.75, 3.05) is 20.2 Å². The molecule has 1 heterocycles. The van der Waals surface area contributed by atoms with Gasteiger partial charge in [0.1, 0.15) is 5.75 Å². The summed E-state index contributed by atoms with van der Waals surface area (Å²) in [6.45, 7) is 7.75. The van der Waals surface area contributed by atoms with Gasteiger partial charge < -0.3 is 10.1 Å². The third-order valence-corrected chi connectivity index (χ3v) is 4.80. The van der Waals surface area contributed by atoms with Gasteiger partial charge in [0.25, 0.3) is 0 Å². The third-order valence-electron chi connectivity index (χ3n) is 4.80. The Bertz CT molecular complexity index is 883. The minimum absolute atomic E-state index is 0.0968. The smallest absolute Gasteiger partial charge is 0.187 e. The number of ketones is 1. The molecule has 0 aromatic heterocycles. The molecule has 1 saturated heterocycles. The Morgan fingerprint density at radius 2 is 1.56 bits per heavy atom. The molecule has 27 heavy (non-hydrogen) atoms. The topological polar surface area (TPSA) is 38.3 Å². The molecule has 0 amide bonds. The van der Waals surface area contributed by atoms with E-state index in [2.05, 4.69) is 50.4 Å². The second kappa shape index (κ2) is 7.93. The molecular formula is C24H27NO2. The van der Waals surface area contributed by atoms with Crippen molar-refractivity contribution in [1.82, 2.24) is 5.32 Å². The van der Waals surface area contributed by atoms with E-state index in [4.69, 9.17) is 4.74 Å². The van der Waals surface area contributed by atoms with E-state index < -0.39 is 0 Å². The van der Waals surface area contributed by atoms with Crippen molar-refractivity contribution in [1.29, 1.82) is 0 Å². The van der Waals surface area contributed by atoms with E-state index in [0.717, 1.165) is 28.0 Å². The molecule has 1 aliphatic heterocycles. The maximum absolute atomic E-state index is 12.9. The quantitative estimate of drug-likeness (QED) is 0.810. The number of nitrogens with one attached hydrogen (secondary N) is 1. The number of Topliss-reactive ketones (excluding diaryl/α,β-unsaturated/α-hetero) is 1. The highest BCUT2D eigenvalue weighted by molar-refractivity contribution is 6.14. The summed E-state index contributed by atoms with van der Waals surface area (Å²) in [5, 5.41) is 3.33. The molecule has 0 atom stereocenters. The zero-order chi connectivity index (χ0) is 19.4. The summed E-state index contributed by atoms with van der Waals surface area (Å²) >= 11 is 0. The standard InChI is InChI=1S/C24H27NO2/c1-24(2,3)21-11-9-17(10-12-21)13-19-15-25-16-20(23(19)26)14-18-7-5-6-8-22(18)27-4/h5-14,25H,15-16H2,1-4H3. The van der Waals surface area contributed by atoms with Gasteiger partial charge >= 0.3 is 0 Å². The number of hydrogen-bond acceptors (Lipinski definition) is 3. The summed E-state index contributed by atoms with van der Waals surface area (Å²) in [7, 11) is 1.64. The number of carbonyl (C=O) groups excluding carboxylic acids is 1. The summed E-state index contributed by atoms with van der Waals surface area (Å²) in [5.74, 6) is 0.867. The lowest BCUT2D eigenvalue weighted by Crippen LogP contribution is -2.32. The van der Waals surface area contributed by atoms with Crippen LogP contribution in [0.3, 0.4) is 0 Å². The molecule has 1 fully saturated rings. The molecule has 0 spiro atoms. The number of piperidine rings is 1. The Morgan fingerprint density at radius 3 is 2.19 bits per heavy atom. The van der Waals surface area contributed by atoms with E-state index in [-0.39, 0.29) is 11.2 Å². The zero-order valence-electron chi connectivity index (χ0n) is 16.5. The molecule has 3 nitrogen and oxygen atoms in total. The van der Waals surface area contributed by atoms with Crippen LogP contribution in [0.2, 0.25) is 0 Å². The number of hydrogen-bond donors (Lipinski definition) is 1. The fraction of sp³-hybridized carbons (Fsp3) is 0.292. The maximum Gasteiger partial charge on any atom is 0.187 e. The second-order valence-electron chi connectivity index (χ2n) is 7.89. The molecule has 140 valence electrons. The molecule has 0 unspecified atom stereocenters. The molecule has 2 aromatic carbocycles. The predicted octanol–water partition coefficient (Wildman–Crippen LogP) is 4.63. The van der Waals surface area contributed by atoms with Crippen LogP contribution in [0, 0.1) is 0 Å². The van der Waals surface area contributed by atoms with E-state index in [9.17, 15) is 4.79 Å². The summed E-state index contributed by atoms with van der Waals surface area (Å²) < 4.78 is 5.39. The van der Waals surface area contributed by atoms with Gasteiger partial charge in [0.15, 0.2) is 5.78 Å². The number of rotatable bonds is 3. The molecule has 0 bridgehead atoms. The predicted molar refractivity (Wildman–Crippen MR) is 112 cm³/mol. The molecular weight excluding hydrogens is 334 g/mol. The van der Waals surface area contributed by atoms with Crippen LogP contribution >= 0.6 is 0 Å². The second-order valence-corrected chi connectivity index (χ2v) is 7.89. The van der Waals surface area contributed by atoms with Crippen LogP contribution in [0.1, 0.15) is 37.5 Å². The molecule has 0 aliphatic carbocycles. The summed E-state index contributed by atoms with van der Waals surface area (Å²) in [6, 6.07) is 16.2. The van der Waals surface area contributed by atoms with Crippen molar-refractivity contribution >= 4 is 17.9 Å². The average molecular weight is 361 g/mol. The molecule has 2 aromatic rings. The monoisotopic (exact) mass is 361 g/mol. The van der Waals surface area contributed by atoms with E-state index in [1.165, 1.54) is 5.56 Å². The van der Waals surface area contributed by atoms with Gasteiger partial charge in [0.05, 0.1) is 7.11 Å². The lowest BCUT2D eigenvalue weighted by molar-refractivity contribution is -0.112. The van der Waals surface area contributed by atoms with Crippen molar-refractivity contribution in [3.05, 3.63) is 76.4 Å². The third kappa shape index (κ3) is 4.55. The van der Waals surface area contributed by atoms with Crippen molar-refractivity contribution in [2.45, 2.75) is 26.2 Å². The first kappa shape index (κ1) is 19.1. The Morgan fingerprint density at radius 1 is 0.926 bits per heavy atom. The average Bonchev–Trinajstić information content (AvgIpc) is 2.65. The first-order chi connectivity index (χ1) is 12.9. The van der Waals surface area contributed by atoms with Crippen LogP contribution in [0.4, 0.5) is 0 Å². The Labute approximate surface area is 161 Å². The van der Waals surface area contributed by atoms with Crippen LogP contribution in [0.25, 0.3) is 12.2 Å². The van der Waals surface area contributed by atoms with Crippen LogP contribution < -0.4 is 10.1 Å². The van der Waals surface area contributed by atoms with Gasteiger partial charge in [-0.1, -0.05) is 63.2 Å². The van der Waals surface area contributed by atoms with Gasteiger partial charge in [-0.2, -0.15) is 0 Å². The fourth-order valence-electron chi connectivity index (χ4n) is 3.19. The number of carbonyl (C=O) groups is 1. The van der Waals surface area contributed by atoms with Gasteiger partial charge in [-0.3, -0.25) is 4.79 Å². The number of para-hydroxylation sites is 1. The van der Waals surface area contributed by atoms with E-state index >= 15 is 0 Å². The highest BCUT2D eigenvalue weighted by atomic mass is 16.5. The zero-order valence-corrected chi connectivity index (χ0v) is 16.5. The number of methoxy groups -OCH3 is 1. The maximum atomic E-state index is 12.9. The normalized spacial score (nSPS) is 18.1. The summed E-state index contributed by atoms with van der Waals surface area (Å²) in [5.41, 5.74) is 4.91. The first-order valence-corrected chi connectivity index (χ1v) is 9.28. The first-order valence-electron chi connectivity index (χ1n) is 9.28. The molecule has 1 N–H and O–H groups in total. The van der Waals surface area contributed by atoms with Crippen molar-refractivity contribution < 1.29 is 9.53 Å². The van der Waals surface area contributed by atoms with Gasteiger partial charge in [0.2, 0.25) is 0 Å². The van der Waals surface area contributed by atoms with Crippen molar-refractivity contribution in [2.24, 2.45) is 0 Å². The highest BCUT2D eigenvalue weighted by Gasteiger charge is 2.21. The molecule has 0 radical (unpaired) electrons. The SMILES string of the molecule is COc1ccccc1C=C1CNCC(=Cc2ccc(C(C)(C)C)cc2)C1=O. The van der Waals surface area contributed by atoms with Crippen LogP contribution in [-0.2, 0) is 10.2 Å². The van der Waals surface area contributed by atoms with E-state index in [1.54, 1.807) is 7.11 Å². The minimum atomic E-state index is 0.0968. The van der Waals surface area contributed by atoms with Crippen molar-refractivity contribution in [3.8, 4) is 5.75 Å².